The van der Waals surface area contributed by atoms with Crippen molar-refractivity contribution >= 4 is 37.2 Å². The monoisotopic (exact) mass is 416 g/mol. The molecule has 0 atom stereocenters. The summed E-state index contributed by atoms with van der Waals surface area (Å²) >= 11 is 0. The summed E-state index contributed by atoms with van der Waals surface area (Å²) in [6.45, 7) is 8.18. The number of anilines is 1. The summed E-state index contributed by atoms with van der Waals surface area (Å²) in [5.74, 6) is 0.524. The highest BCUT2D eigenvalue weighted by atomic mass is 28.3. The second-order valence-corrected chi connectivity index (χ2v) is 14.6. The van der Waals surface area contributed by atoms with Crippen LogP contribution in [-0.4, -0.2) is 42.6 Å². The third kappa shape index (κ3) is 5.90. The maximum atomic E-state index is 12.0. The van der Waals surface area contributed by atoms with Crippen molar-refractivity contribution in [2.24, 2.45) is 0 Å². The summed E-state index contributed by atoms with van der Waals surface area (Å²) in [4.78, 5) is 27.0. The molecule has 7 nitrogen and oxygen atoms in total. The summed E-state index contributed by atoms with van der Waals surface area (Å²) in [5, 5.41) is 6.69. The van der Waals surface area contributed by atoms with Crippen LogP contribution >= 0.6 is 0 Å². The molecular weight excluding hydrogens is 384 g/mol. The number of hydrogen-bond donors (Lipinski definition) is 2. The van der Waals surface area contributed by atoms with E-state index in [1.54, 1.807) is 6.07 Å². The van der Waals surface area contributed by atoms with Crippen LogP contribution in [0, 0.1) is 0 Å². The standard InChI is InChI=1S/C21H32N4O3Si/c1-29(2,3)10-9-28-15-25-19(24-18-7-5-4-6-8-18)12-16-11-17(13-22-20(16)25)21(27)23-14-26/h11-14,18,24H,4-10,15H2,1-3H3,(H,23,26,27). The number of carbonyl (C=O) groups is 2. The van der Waals surface area contributed by atoms with E-state index >= 15 is 0 Å². The van der Waals surface area contributed by atoms with Crippen molar-refractivity contribution in [1.82, 2.24) is 14.9 Å². The first-order chi connectivity index (χ1) is 13.9. The number of nitrogens with one attached hydrogen (secondary N) is 2. The number of fused-ring (bicyclic) bond motifs is 1. The lowest BCUT2D eigenvalue weighted by Crippen LogP contribution is -2.25. The van der Waals surface area contributed by atoms with E-state index in [-0.39, 0.29) is 0 Å². The summed E-state index contributed by atoms with van der Waals surface area (Å²) < 4.78 is 8.05. The Kier molecular flexibility index (Phi) is 7.08. The van der Waals surface area contributed by atoms with Crippen LogP contribution in [0.3, 0.4) is 0 Å². The van der Waals surface area contributed by atoms with Gasteiger partial charge in [0, 0.05) is 32.3 Å². The molecule has 0 bridgehead atoms. The minimum absolute atomic E-state index is 0.366. The van der Waals surface area contributed by atoms with Crippen LogP contribution in [0.15, 0.2) is 18.3 Å². The van der Waals surface area contributed by atoms with Crippen LogP contribution in [0.2, 0.25) is 25.7 Å². The molecule has 1 aliphatic carbocycles. The van der Waals surface area contributed by atoms with Gasteiger partial charge < -0.3 is 10.1 Å². The molecule has 2 aromatic rings. The van der Waals surface area contributed by atoms with Crippen molar-refractivity contribution in [1.29, 1.82) is 0 Å². The van der Waals surface area contributed by atoms with Gasteiger partial charge in [-0.1, -0.05) is 38.9 Å². The van der Waals surface area contributed by atoms with Gasteiger partial charge in [0.2, 0.25) is 6.41 Å². The van der Waals surface area contributed by atoms with Gasteiger partial charge >= 0.3 is 0 Å². The fourth-order valence-electron chi connectivity index (χ4n) is 3.65. The topological polar surface area (TPSA) is 85.2 Å². The van der Waals surface area contributed by atoms with Crippen LogP contribution in [0.25, 0.3) is 11.0 Å². The zero-order valence-electron chi connectivity index (χ0n) is 17.7. The number of imide groups is 1. The largest absolute Gasteiger partial charge is 0.369 e. The van der Waals surface area contributed by atoms with E-state index in [0.29, 0.717) is 24.7 Å². The van der Waals surface area contributed by atoms with Gasteiger partial charge in [-0.05, 0) is 31.0 Å². The second kappa shape index (κ2) is 9.54. The predicted molar refractivity (Wildman–Crippen MR) is 118 cm³/mol. The summed E-state index contributed by atoms with van der Waals surface area (Å²) in [6, 6.07) is 5.36. The minimum atomic E-state index is -1.15. The van der Waals surface area contributed by atoms with Crippen molar-refractivity contribution < 1.29 is 14.3 Å². The second-order valence-electron chi connectivity index (χ2n) is 9.01. The van der Waals surface area contributed by atoms with Crippen molar-refractivity contribution in [2.75, 3.05) is 11.9 Å². The summed E-state index contributed by atoms with van der Waals surface area (Å²) in [5.41, 5.74) is 1.14. The lowest BCUT2D eigenvalue weighted by Gasteiger charge is -2.24. The van der Waals surface area contributed by atoms with Crippen molar-refractivity contribution in [3.63, 3.8) is 0 Å². The lowest BCUT2D eigenvalue weighted by molar-refractivity contribution is -0.108. The Morgan fingerprint density at radius 3 is 2.72 bits per heavy atom. The van der Waals surface area contributed by atoms with Crippen LogP contribution in [0.4, 0.5) is 5.82 Å². The Bertz CT molecular complexity index is 853. The molecule has 29 heavy (non-hydrogen) atoms. The van der Waals surface area contributed by atoms with Crippen molar-refractivity contribution in [2.45, 2.75) is 70.6 Å². The van der Waals surface area contributed by atoms with Gasteiger partial charge in [-0.15, -0.1) is 0 Å². The molecule has 0 spiro atoms. The summed E-state index contributed by atoms with van der Waals surface area (Å²) in [6.07, 6.45) is 8.02. The van der Waals surface area contributed by atoms with E-state index in [9.17, 15) is 9.59 Å². The average Bonchev–Trinajstić information content (AvgIpc) is 3.01. The van der Waals surface area contributed by atoms with Crippen LogP contribution in [-0.2, 0) is 16.3 Å². The van der Waals surface area contributed by atoms with Gasteiger partial charge in [0.15, 0.2) is 0 Å². The Balaban J connectivity index is 1.83. The number of rotatable bonds is 9. The average molecular weight is 417 g/mol. The number of ether oxygens (including phenoxy) is 1. The summed E-state index contributed by atoms with van der Waals surface area (Å²) in [7, 11) is -1.15. The van der Waals surface area contributed by atoms with E-state index in [1.807, 2.05) is 6.07 Å². The Morgan fingerprint density at radius 2 is 2.03 bits per heavy atom. The van der Waals surface area contributed by atoms with Crippen molar-refractivity contribution in [3.05, 3.63) is 23.9 Å². The molecule has 158 valence electrons. The predicted octanol–water partition coefficient (Wildman–Crippen LogP) is 3.98. The molecule has 1 saturated carbocycles. The molecule has 1 fully saturated rings. The van der Waals surface area contributed by atoms with Gasteiger partial charge in [0.25, 0.3) is 5.91 Å². The number of carbonyl (C=O) groups excluding carboxylic acids is 2. The molecule has 2 heterocycles. The Labute approximate surface area is 173 Å². The van der Waals surface area contributed by atoms with Gasteiger partial charge in [0.05, 0.1) is 5.56 Å². The first-order valence-electron chi connectivity index (χ1n) is 10.5. The Hall–Kier alpha value is -2.19. The quantitative estimate of drug-likeness (QED) is 0.367. The first kappa shape index (κ1) is 21.5. The minimum Gasteiger partial charge on any atom is -0.369 e. The Morgan fingerprint density at radius 1 is 1.28 bits per heavy atom. The molecule has 8 heteroatoms. The van der Waals surface area contributed by atoms with Gasteiger partial charge in [-0.25, -0.2) is 4.98 Å². The highest BCUT2D eigenvalue weighted by molar-refractivity contribution is 6.76. The SMILES string of the molecule is C[Si](C)(C)CCOCn1c(NC2CCCCC2)cc2cc(C(=O)NC=O)cnc21. The van der Waals surface area contributed by atoms with Gasteiger partial charge in [0.1, 0.15) is 18.2 Å². The zero-order valence-corrected chi connectivity index (χ0v) is 18.7. The fourth-order valence-corrected chi connectivity index (χ4v) is 4.40. The van der Waals surface area contributed by atoms with E-state index in [1.165, 1.54) is 38.3 Å². The maximum Gasteiger partial charge on any atom is 0.259 e. The highest BCUT2D eigenvalue weighted by Gasteiger charge is 2.19. The lowest BCUT2D eigenvalue weighted by atomic mass is 9.95. The van der Waals surface area contributed by atoms with E-state index in [2.05, 4.69) is 39.8 Å². The molecular formula is C21H32N4O3Si. The number of aromatic nitrogens is 2. The van der Waals surface area contributed by atoms with E-state index in [4.69, 9.17) is 4.74 Å². The van der Waals surface area contributed by atoms with Crippen LogP contribution in [0.5, 0.6) is 0 Å². The van der Waals surface area contributed by atoms with Gasteiger partial charge in [-0.2, -0.15) is 0 Å². The third-order valence-corrected chi connectivity index (χ3v) is 7.06. The molecule has 0 radical (unpaired) electrons. The molecule has 0 aromatic carbocycles. The first-order valence-corrected chi connectivity index (χ1v) is 14.2. The number of nitrogens with zero attached hydrogens (tertiary/aromatic N) is 2. The normalized spacial score (nSPS) is 15.4. The molecule has 2 N–H and O–H groups in total. The van der Waals surface area contributed by atoms with Crippen LogP contribution < -0.4 is 10.6 Å². The van der Waals surface area contributed by atoms with E-state index < -0.39 is 14.0 Å². The van der Waals surface area contributed by atoms with E-state index in [0.717, 1.165) is 29.5 Å². The number of pyridine rings is 1. The van der Waals surface area contributed by atoms with Gasteiger partial charge in [-0.3, -0.25) is 19.5 Å². The number of amides is 2. The third-order valence-electron chi connectivity index (χ3n) is 5.36. The smallest absolute Gasteiger partial charge is 0.259 e. The highest BCUT2D eigenvalue weighted by Crippen LogP contribution is 2.27. The van der Waals surface area contributed by atoms with Crippen LogP contribution in [0.1, 0.15) is 42.5 Å². The molecule has 0 saturated heterocycles. The molecule has 2 amide bonds. The van der Waals surface area contributed by atoms with Crippen molar-refractivity contribution in [3.8, 4) is 0 Å². The molecule has 0 aliphatic heterocycles. The number of hydrogen-bond acceptors (Lipinski definition) is 5. The molecule has 0 unspecified atom stereocenters. The fraction of sp³-hybridized carbons (Fsp3) is 0.571. The molecule has 1 aliphatic rings. The zero-order chi connectivity index (χ0) is 20.9. The molecule has 3 rings (SSSR count). The molecule has 2 aromatic heterocycles. The maximum absolute atomic E-state index is 12.0.